The maximum absolute atomic E-state index is 13.4. The van der Waals surface area contributed by atoms with Crippen molar-refractivity contribution in [3.63, 3.8) is 0 Å². The zero-order chi connectivity index (χ0) is 20.1. The van der Waals surface area contributed by atoms with Crippen LogP contribution in [0.1, 0.15) is 42.9 Å². The summed E-state index contributed by atoms with van der Waals surface area (Å²) in [5.74, 6) is 0.489. The van der Waals surface area contributed by atoms with Crippen molar-refractivity contribution in [1.29, 1.82) is 0 Å². The van der Waals surface area contributed by atoms with Gasteiger partial charge in [0.05, 0.1) is 12.0 Å². The van der Waals surface area contributed by atoms with Crippen LogP contribution >= 0.6 is 0 Å². The smallest absolute Gasteiger partial charge is 0.235 e. The highest BCUT2D eigenvalue weighted by Gasteiger charge is 2.41. The van der Waals surface area contributed by atoms with Crippen molar-refractivity contribution in [2.24, 2.45) is 0 Å². The standard InChI is InChI=1S/C23H28FNO3/c1-4-11-28-21-16(2)14-20(15-17(21)3)25-22(26)23(9-12-27-13-10-23)18-5-7-19(24)8-6-18/h5-8,14-15H,4,9-13H2,1-3H3,(H,25,26). The number of aryl methyl sites for hydroxylation is 2. The molecule has 4 nitrogen and oxygen atoms in total. The van der Waals surface area contributed by atoms with Gasteiger partial charge in [-0.2, -0.15) is 0 Å². The van der Waals surface area contributed by atoms with Crippen LogP contribution in [0.4, 0.5) is 10.1 Å². The highest BCUT2D eigenvalue weighted by molar-refractivity contribution is 5.99. The summed E-state index contributed by atoms with van der Waals surface area (Å²) in [5.41, 5.74) is 2.84. The van der Waals surface area contributed by atoms with Crippen molar-refractivity contribution >= 4 is 11.6 Å². The van der Waals surface area contributed by atoms with E-state index in [4.69, 9.17) is 9.47 Å². The summed E-state index contributed by atoms with van der Waals surface area (Å²) in [4.78, 5) is 13.4. The van der Waals surface area contributed by atoms with Gasteiger partial charge >= 0.3 is 0 Å². The molecular formula is C23H28FNO3. The van der Waals surface area contributed by atoms with Crippen molar-refractivity contribution < 1.29 is 18.7 Å². The molecule has 0 unspecified atom stereocenters. The molecular weight excluding hydrogens is 357 g/mol. The van der Waals surface area contributed by atoms with E-state index in [9.17, 15) is 9.18 Å². The molecule has 1 N–H and O–H groups in total. The summed E-state index contributed by atoms with van der Waals surface area (Å²) >= 11 is 0. The zero-order valence-electron chi connectivity index (χ0n) is 16.8. The Morgan fingerprint density at radius 2 is 1.75 bits per heavy atom. The predicted octanol–water partition coefficient (Wildman–Crippen LogP) is 4.92. The van der Waals surface area contributed by atoms with Gasteiger partial charge in [0.2, 0.25) is 5.91 Å². The van der Waals surface area contributed by atoms with Crippen LogP contribution in [0.2, 0.25) is 0 Å². The van der Waals surface area contributed by atoms with Crippen molar-refractivity contribution in [3.05, 3.63) is 58.9 Å². The Bertz CT molecular complexity index is 803. The number of carbonyl (C=O) groups is 1. The monoisotopic (exact) mass is 385 g/mol. The number of anilines is 1. The lowest BCUT2D eigenvalue weighted by atomic mass is 9.73. The normalized spacial score (nSPS) is 15.9. The molecule has 3 rings (SSSR count). The minimum absolute atomic E-state index is 0.0802. The van der Waals surface area contributed by atoms with E-state index < -0.39 is 5.41 Å². The first-order valence-corrected chi connectivity index (χ1v) is 9.85. The molecule has 1 amide bonds. The summed E-state index contributed by atoms with van der Waals surface area (Å²) in [5, 5.41) is 3.09. The number of ether oxygens (including phenoxy) is 2. The molecule has 2 aromatic rings. The van der Waals surface area contributed by atoms with Crippen molar-refractivity contribution in [2.75, 3.05) is 25.1 Å². The van der Waals surface area contributed by atoms with Gasteiger partial charge in [0, 0.05) is 18.9 Å². The number of hydrogen-bond acceptors (Lipinski definition) is 3. The number of amides is 1. The number of hydrogen-bond donors (Lipinski definition) is 1. The van der Waals surface area contributed by atoms with E-state index in [-0.39, 0.29) is 11.7 Å². The van der Waals surface area contributed by atoms with Gasteiger partial charge in [-0.3, -0.25) is 4.79 Å². The van der Waals surface area contributed by atoms with E-state index >= 15 is 0 Å². The van der Waals surface area contributed by atoms with E-state index in [0.29, 0.717) is 32.7 Å². The summed E-state index contributed by atoms with van der Waals surface area (Å²) in [7, 11) is 0. The first-order chi connectivity index (χ1) is 13.5. The highest BCUT2D eigenvalue weighted by atomic mass is 19.1. The first kappa shape index (κ1) is 20.3. The third-order valence-electron chi connectivity index (χ3n) is 5.35. The van der Waals surface area contributed by atoms with Gasteiger partial charge in [-0.25, -0.2) is 4.39 Å². The van der Waals surface area contributed by atoms with E-state index in [1.165, 1.54) is 12.1 Å². The molecule has 150 valence electrons. The first-order valence-electron chi connectivity index (χ1n) is 9.85. The third kappa shape index (κ3) is 4.20. The van der Waals surface area contributed by atoms with Crippen LogP contribution in [-0.4, -0.2) is 25.7 Å². The van der Waals surface area contributed by atoms with E-state index in [0.717, 1.165) is 34.5 Å². The van der Waals surface area contributed by atoms with Gasteiger partial charge in [0.1, 0.15) is 11.6 Å². The lowest BCUT2D eigenvalue weighted by Gasteiger charge is -2.36. The Hall–Kier alpha value is -2.40. The summed E-state index contributed by atoms with van der Waals surface area (Å²) in [6.07, 6.45) is 2.08. The van der Waals surface area contributed by atoms with Gasteiger partial charge in [0.25, 0.3) is 0 Å². The lowest BCUT2D eigenvalue weighted by Crippen LogP contribution is -2.44. The minimum Gasteiger partial charge on any atom is -0.493 e. The van der Waals surface area contributed by atoms with Crippen molar-refractivity contribution in [3.8, 4) is 5.75 Å². The van der Waals surface area contributed by atoms with Crippen LogP contribution in [0.15, 0.2) is 36.4 Å². The molecule has 0 aromatic heterocycles. The Kier molecular flexibility index (Phi) is 6.35. The molecule has 0 spiro atoms. The fourth-order valence-corrected chi connectivity index (χ4v) is 3.84. The molecule has 0 atom stereocenters. The van der Waals surface area contributed by atoms with Crippen LogP contribution < -0.4 is 10.1 Å². The average Bonchev–Trinajstić information content (AvgIpc) is 2.68. The molecule has 0 bridgehead atoms. The van der Waals surface area contributed by atoms with Gasteiger partial charge in [0.15, 0.2) is 0 Å². The lowest BCUT2D eigenvalue weighted by molar-refractivity contribution is -0.125. The zero-order valence-corrected chi connectivity index (χ0v) is 16.8. The van der Waals surface area contributed by atoms with Crippen molar-refractivity contribution in [2.45, 2.75) is 45.4 Å². The number of halogens is 1. The molecule has 0 saturated carbocycles. The second-order valence-electron chi connectivity index (χ2n) is 7.44. The van der Waals surface area contributed by atoms with E-state index in [1.807, 2.05) is 26.0 Å². The number of carbonyl (C=O) groups excluding carboxylic acids is 1. The van der Waals surface area contributed by atoms with Crippen LogP contribution in [-0.2, 0) is 14.9 Å². The number of benzene rings is 2. The Labute approximate surface area is 166 Å². The van der Waals surface area contributed by atoms with Gasteiger partial charge in [-0.15, -0.1) is 0 Å². The number of rotatable bonds is 6. The van der Waals surface area contributed by atoms with E-state index in [1.54, 1.807) is 12.1 Å². The van der Waals surface area contributed by atoms with Gasteiger partial charge in [-0.1, -0.05) is 19.1 Å². The predicted molar refractivity (Wildman–Crippen MR) is 108 cm³/mol. The second kappa shape index (κ2) is 8.74. The largest absolute Gasteiger partial charge is 0.493 e. The van der Waals surface area contributed by atoms with Crippen LogP contribution in [0.25, 0.3) is 0 Å². The number of nitrogens with one attached hydrogen (secondary N) is 1. The topological polar surface area (TPSA) is 47.6 Å². The summed E-state index contributed by atoms with van der Waals surface area (Å²) in [6.45, 7) is 7.72. The van der Waals surface area contributed by atoms with Crippen LogP contribution in [0.3, 0.4) is 0 Å². The minimum atomic E-state index is -0.717. The molecule has 28 heavy (non-hydrogen) atoms. The van der Waals surface area contributed by atoms with Crippen LogP contribution in [0, 0.1) is 19.7 Å². The van der Waals surface area contributed by atoms with Gasteiger partial charge < -0.3 is 14.8 Å². The Morgan fingerprint density at radius 1 is 1.14 bits per heavy atom. The molecule has 1 aliphatic heterocycles. The molecule has 2 aromatic carbocycles. The summed E-state index contributed by atoms with van der Waals surface area (Å²) < 4.78 is 24.7. The molecule has 1 heterocycles. The van der Waals surface area contributed by atoms with Crippen LogP contribution in [0.5, 0.6) is 5.75 Å². The van der Waals surface area contributed by atoms with Crippen molar-refractivity contribution in [1.82, 2.24) is 0 Å². The maximum Gasteiger partial charge on any atom is 0.235 e. The fourth-order valence-electron chi connectivity index (χ4n) is 3.84. The molecule has 1 saturated heterocycles. The molecule has 1 fully saturated rings. The molecule has 0 radical (unpaired) electrons. The van der Waals surface area contributed by atoms with E-state index in [2.05, 4.69) is 12.2 Å². The Morgan fingerprint density at radius 3 is 2.32 bits per heavy atom. The fraction of sp³-hybridized carbons (Fsp3) is 0.435. The quantitative estimate of drug-likeness (QED) is 0.768. The highest BCUT2D eigenvalue weighted by Crippen LogP contribution is 2.37. The average molecular weight is 385 g/mol. The Balaban J connectivity index is 1.87. The molecule has 0 aliphatic carbocycles. The second-order valence-corrected chi connectivity index (χ2v) is 7.44. The molecule has 5 heteroatoms. The third-order valence-corrected chi connectivity index (χ3v) is 5.35. The van der Waals surface area contributed by atoms with Gasteiger partial charge in [-0.05, 0) is 74.1 Å². The summed E-state index contributed by atoms with van der Waals surface area (Å²) in [6, 6.07) is 10.1. The molecule has 1 aliphatic rings. The maximum atomic E-state index is 13.4. The SMILES string of the molecule is CCCOc1c(C)cc(NC(=O)C2(c3ccc(F)cc3)CCOCC2)cc1C.